The molecule has 1 N–H and O–H groups in total. The zero-order chi connectivity index (χ0) is 13.7. The summed E-state index contributed by atoms with van der Waals surface area (Å²) < 4.78 is 0. The summed E-state index contributed by atoms with van der Waals surface area (Å²) >= 11 is 0. The van der Waals surface area contributed by atoms with Crippen molar-refractivity contribution in [1.29, 1.82) is 0 Å². The first kappa shape index (κ1) is 15.3. The molecular formula is C16H32N2O. The van der Waals surface area contributed by atoms with E-state index in [4.69, 9.17) is 0 Å². The highest BCUT2D eigenvalue weighted by Gasteiger charge is 2.34. The Bertz CT molecular complexity index is 251. The van der Waals surface area contributed by atoms with E-state index >= 15 is 0 Å². The maximum Gasteiger partial charge on any atom is 0.0695 e. The molecule has 1 saturated heterocycles. The zero-order valence-corrected chi connectivity index (χ0v) is 12.9. The second-order valence-electron chi connectivity index (χ2n) is 6.48. The molecule has 112 valence electrons. The fraction of sp³-hybridized carbons (Fsp3) is 1.00. The average Bonchev–Trinajstić information content (AvgIpc) is 2.43. The quantitative estimate of drug-likeness (QED) is 0.829. The van der Waals surface area contributed by atoms with Crippen molar-refractivity contribution in [1.82, 2.24) is 9.80 Å². The Balaban J connectivity index is 1.82. The van der Waals surface area contributed by atoms with Crippen molar-refractivity contribution in [3.8, 4) is 0 Å². The molecular weight excluding hydrogens is 236 g/mol. The molecule has 3 atom stereocenters. The third kappa shape index (κ3) is 4.17. The normalized spacial score (nSPS) is 34.6. The lowest BCUT2D eigenvalue weighted by atomic mass is 9.80. The van der Waals surface area contributed by atoms with E-state index < -0.39 is 0 Å². The molecule has 0 aromatic carbocycles. The predicted molar refractivity (Wildman–Crippen MR) is 80.3 cm³/mol. The number of hydrogen-bond donors (Lipinski definition) is 1. The Labute approximate surface area is 119 Å². The smallest absolute Gasteiger partial charge is 0.0695 e. The summed E-state index contributed by atoms with van der Waals surface area (Å²) in [7, 11) is 0. The number of hydrogen-bond acceptors (Lipinski definition) is 3. The van der Waals surface area contributed by atoms with Crippen LogP contribution in [0.2, 0.25) is 0 Å². The van der Waals surface area contributed by atoms with Gasteiger partial charge in [0.25, 0.3) is 0 Å². The molecule has 2 aliphatic rings. The average molecular weight is 268 g/mol. The third-order valence-electron chi connectivity index (χ3n) is 5.00. The van der Waals surface area contributed by atoms with Crippen LogP contribution in [0.1, 0.15) is 52.4 Å². The molecule has 0 bridgehead atoms. The summed E-state index contributed by atoms with van der Waals surface area (Å²) in [6.07, 6.45) is 7.29. The minimum Gasteiger partial charge on any atom is -0.391 e. The van der Waals surface area contributed by atoms with Gasteiger partial charge in [0.1, 0.15) is 0 Å². The van der Waals surface area contributed by atoms with Crippen LogP contribution in [-0.4, -0.2) is 59.8 Å². The number of nitrogens with zero attached hydrogens (tertiary/aromatic N) is 2. The van der Waals surface area contributed by atoms with Gasteiger partial charge in [0.2, 0.25) is 0 Å². The summed E-state index contributed by atoms with van der Waals surface area (Å²) in [5.74, 6) is 0.854. The molecule has 2 rings (SSSR count). The molecule has 0 aromatic heterocycles. The van der Waals surface area contributed by atoms with Crippen molar-refractivity contribution < 1.29 is 5.11 Å². The van der Waals surface area contributed by atoms with Crippen LogP contribution in [0.25, 0.3) is 0 Å². The van der Waals surface area contributed by atoms with Crippen LogP contribution < -0.4 is 0 Å². The van der Waals surface area contributed by atoms with Crippen LogP contribution in [0.3, 0.4) is 0 Å². The lowest BCUT2D eigenvalue weighted by Gasteiger charge is -2.44. The fourth-order valence-corrected chi connectivity index (χ4v) is 3.91. The van der Waals surface area contributed by atoms with Gasteiger partial charge in [-0.05, 0) is 38.1 Å². The fourth-order valence-electron chi connectivity index (χ4n) is 3.91. The van der Waals surface area contributed by atoms with Crippen LogP contribution in [-0.2, 0) is 0 Å². The minimum atomic E-state index is -0.0779. The lowest BCUT2D eigenvalue weighted by Crippen LogP contribution is -2.55. The zero-order valence-electron chi connectivity index (χ0n) is 12.9. The number of piperazine rings is 1. The van der Waals surface area contributed by atoms with Gasteiger partial charge in [0.15, 0.2) is 0 Å². The number of rotatable bonds is 5. The Hall–Kier alpha value is -0.120. The van der Waals surface area contributed by atoms with Gasteiger partial charge >= 0.3 is 0 Å². The van der Waals surface area contributed by atoms with E-state index in [0.29, 0.717) is 6.04 Å². The molecule has 1 heterocycles. The van der Waals surface area contributed by atoms with Crippen LogP contribution in [0.5, 0.6) is 0 Å². The maximum atomic E-state index is 10.3. The second-order valence-corrected chi connectivity index (χ2v) is 6.48. The van der Waals surface area contributed by atoms with Gasteiger partial charge in [0, 0.05) is 32.2 Å². The summed E-state index contributed by atoms with van der Waals surface area (Å²) in [6.45, 7) is 10.5. The molecule has 0 amide bonds. The SMILES string of the molecule is CCCC1CCC(O)C(N2CCN(CCC)CC2)C1. The van der Waals surface area contributed by atoms with Crippen LogP contribution >= 0.6 is 0 Å². The standard InChI is InChI=1S/C16H32N2O/c1-3-5-14-6-7-16(19)15(13-14)18-11-9-17(8-4-2)10-12-18/h14-16,19H,3-13H2,1-2H3. The topological polar surface area (TPSA) is 26.7 Å². The van der Waals surface area contributed by atoms with Crippen molar-refractivity contribution in [3.63, 3.8) is 0 Å². The highest BCUT2D eigenvalue weighted by molar-refractivity contribution is 4.89. The molecule has 3 heteroatoms. The van der Waals surface area contributed by atoms with Gasteiger partial charge in [-0.15, -0.1) is 0 Å². The van der Waals surface area contributed by atoms with Crippen LogP contribution in [0.4, 0.5) is 0 Å². The Morgan fingerprint density at radius 2 is 1.74 bits per heavy atom. The van der Waals surface area contributed by atoms with Crippen molar-refractivity contribution in [2.45, 2.75) is 64.5 Å². The monoisotopic (exact) mass is 268 g/mol. The third-order valence-corrected chi connectivity index (χ3v) is 5.00. The van der Waals surface area contributed by atoms with Crippen molar-refractivity contribution >= 4 is 0 Å². The molecule has 0 spiro atoms. The molecule has 2 fully saturated rings. The molecule has 1 aliphatic heterocycles. The molecule has 1 saturated carbocycles. The van der Waals surface area contributed by atoms with E-state index in [-0.39, 0.29) is 6.10 Å². The summed E-state index contributed by atoms with van der Waals surface area (Å²) in [5.41, 5.74) is 0. The van der Waals surface area contributed by atoms with E-state index in [9.17, 15) is 5.11 Å². The Morgan fingerprint density at radius 1 is 1.00 bits per heavy atom. The van der Waals surface area contributed by atoms with Gasteiger partial charge in [0.05, 0.1) is 6.10 Å². The van der Waals surface area contributed by atoms with Gasteiger partial charge in [-0.2, -0.15) is 0 Å². The molecule has 0 aromatic rings. The summed E-state index contributed by atoms with van der Waals surface area (Å²) in [4.78, 5) is 5.13. The molecule has 3 unspecified atom stereocenters. The largest absolute Gasteiger partial charge is 0.391 e. The van der Waals surface area contributed by atoms with Gasteiger partial charge < -0.3 is 10.0 Å². The molecule has 1 aliphatic carbocycles. The first-order valence-electron chi connectivity index (χ1n) is 8.39. The Kier molecular flexibility index (Phi) is 6.11. The van der Waals surface area contributed by atoms with Crippen molar-refractivity contribution in [2.75, 3.05) is 32.7 Å². The highest BCUT2D eigenvalue weighted by Crippen LogP contribution is 2.31. The van der Waals surface area contributed by atoms with Crippen molar-refractivity contribution in [2.24, 2.45) is 5.92 Å². The van der Waals surface area contributed by atoms with Gasteiger partial charge in [-0.25, -0.2) is 0 Å². The number of aliphatic hydroxyl groups excluding tert-OH is 1. The first-order chi connectivity index (χ1) is 9.24. The predicted octanol–water partition coefficient (Wildman–Crippen LogP) is 2.34. The minimum absolute atomic E-state index is 0.0779. The van der Waals surface area contributed by atoms with Gasteiger partial charge in [-0.3, -0.25) is 4.90 Å². The van der Waals surface area contributed by atoms with E-state index in [1.807, 2.05) is 0 Å². The summed E-state index contributed by atoms with van der Waals surface area (Å²) in [5, 5.41) is 10.3. The molecule has 3 nitrogen and oxygen atoms in total. The van der Waals surface area contributed by atoms with E-state index in [0.717, 1.165) is 25.4 Å². The molecule has 19 heavy (non-hydrogen) atoms. The number of aliphatic hydroxyl groups is 1. The molecule has 0 radical (unpaired) electrons. The lowest BCUT2D eigenvalue weighted by molar-refractivity contribution is -0.0181. The van der Waals surface area contributed by atoms with E-state index in [1.165, 1.54) is 51.7 Å². The highest BCUT2D eigenvalue weighted by atomic mass is 16.3. The summed E-state index contributed by atoms with van der Waals surface area (Å²) in [6, 6.07) is 0.439. The van der Waals surface area contributed by atoms with Gasteiger partial charge in [-0.1, -0.05) is 26.7 Å². The van der Waals surface area contributed by atoms with E-state index in [1.54, 1.807) is 0 Å². The maximum absolute atomic E-state index is 10.3. The van der Waals surface area contributed by atoms with E-state index in [2.05, 4.69) is 23.6 Å². The Morgan fingerprint density at radius 3 is 2.37 bits per heavy atom. The van der Waals surface area contributed by atoms with Crippen molar-refractivity contribution in [3.05, 3.63) is 0 Å². The van der Waals surface area contributed by atoms with Crippen LogP contribution in [0.15, 0.2) is 0 Å². The van der Waals surface area contributed by atoms with Crippen LogP contribution in [0, 0.1) is 5.92 Å². The second kappa shape index (κ2) is 7.61. The first-order valence-corrected chi connectivity index (χ1v) is 8.39.